The van der Waals surface area contributed by atoms with Gasteiger partial charge in [-0.2, -0.15) is 9.97 Å². The van der Waals surface area contributed by atoms with Gasteiger partial charge in [0.1, 0.15) is 29.5 Å². The standard InChI is InChI=1S/C34H32F2N6O/c1-3-24-27(35)11-8-21-6-4-7-25(28(21)24)30-29(36)31-26(15-37-30)32(41-17-22-9-10-23(18-41)38-22)40-33(39-31)43-19-34-12-5-13-42(34)16-20(2)14-34/h1,4,6-8,11,15,22-23,38H,2,5,9-10,12-14,16-19H2. The van der Waals surface area contributed by atoms with Crippen molar-refractivity contribution in [2.24, 2.45) is 0 Å². The van der Waals surface area contributed by atoms with Gasteiger partial charge in [-0.05, 0) is 50.1 Å². The summed E-state index contributed by atoms with van der Waals surface area (Å²) >= 11 is 0. The maximum absolute atomic E-state index is 16.7. The second-order valence-electron chi connectivity index (χ2n) is 12.5. The van der Waals surface area contributed by atoms with Crippen LogP contribution in [0.5, 0.6) is 6.01 Å². The van der Waals surface area contributed by atoms with Crippen molar-refractivity contribution in [3.63, 3.8) is 0 Å². The van der Waals surface area contributed by atoms with E-state index in [0.717, 1.165) is 58.3 Å². The molecule has 0 radical (unpaired) electrons. The van der Waals surface area contributed by atoms with Crippen LogP contribution in [0.15, 0.2) is 48.7 Å². The van der Waals surface area contributed by atoms with Crippen LogP contribution in [-0.2, 0) is 0 Å². The lowest BCUT2D eigenvalue weighted by Crippen LogP contribution is -2.51. The van der Waals surface area contributed by atoms with Crippen LogP contribution in [0.3, 0.4) is 0 Å². The summed E-state index contributed by atoms with van der Waals surface area (Å²) in [5.74, 6) is 1.93. The number of nitrogens with one attached hydrogen (secondary N) is 1. The van der Waals surface area contributed by atoms with Gasteiger partial charge in [-0.3, -0.25) is 9.88 Å². The van der Waals surface area contributed by atoms with Gasteiger partial charge in [0.2, 0.25) is 0 Å². The molecule has 8 rings (SSSR count). The molecule has 1 N–H and O–H groups in total. The van der Waals surface area contributed by atoms with Crippen LogP contribution in [0, 0.1) is 24.0 Å². The molecule has 2 bridgehead atoms. The Hall–Kier alpha value is -4.13. The van der Waals surface area contributed by atoms with E-state index in [1.165, 1.54) is 11.6 Å². The molecule has 9 heteroatoms. The Bertz CT molecular complexity index is 1840. The average Bonchev–Trinajstić information content (AvgIpc) is 3.66. The van der Waals surface area contributed by atoms with E-state index in [2.05, 4.69) is 37.6 Å². The van der Waals surface area contributed by atoms with Crippen LogP contribution < -0.4 is 15.0 Å². The second-order valence-corrected chi connectivity index (χ2v) is 12.5. The Balaban J connectivity index is 1.27. The first-order valence-corrected chi connectivity index (χ1v) is 15.0. The van der Waals surface area contributed by atoms with Gasteiger partial charge < -0.3 is 15.0 Å². The largest absolute Gasteiger partial charge is 0.461 e. The summed E-state index contributed by atoms with van der Waals surface area (Å²) in [6.07, 6.45) is 12.5. The molecule has 2 aromatic heterocycles. The topological polar surface area (TPSA) is 66.4 Å². The van der Waals surface area contributed by atoms with Crippen molar-refractivity contribution in [3.8, 4) is 29.6 Å². The highest BCUT2D eigenvalue weighted by Gasteiger charge is 2.46. The van der Waals surface area contributed by atoms with Crippen molar-refractivity contribution in [2.75, 3.05) is 37.7 Å². The molecule has 6 heterocycles. The Morgan fingerprint density at radius 3 is 2.79 bits per heavy atom. The summed E-state index contributed by atoms with van der Waals surface area (Å²) < 4.78 is 37.8. The second kappa shape index (κ2) is 9.97. The minimum atomic E-state index is -0.612. The van der Waals surface area contributed by atoms with Gasteiger partial charge in [0.05, 0.1) is 16.5 Å². The third-order valence-electron chi connectivity index (χ3n) is 9.76. The highest BCUT2D eigenvalue weighted by molar-refractivity contribution is 6.02. The quantitative estimate of drug-likeness (QED) is 0.257. The average molecular weight is 579 g/mol. The number of hydrogen-bond donors (Lipinski definition) is 1. The van der Waals surface area contributed by atoms with Crippen LogP contribution >= 0.6 is 0 Å². The first-order valence-electron chi connectivity index (χ1n) is 15.0. The van der Waals surface area contributed by atoms with Crippen LogP contribution in [0.2, 0.25) is 0 Å². The third-order valence-corrected chi connectivity index (χ3v) is 9.76. The third kappa shape index (κ3) is 4.27. The summed E-state index contributed by atoms with van der Waals surface area (Å²) in [6, 6.07) is 9.17. The van der Waals surface area contributed by atoms with Gasteiger partial charge in [-0.15, -0.1) is 6.42 Å². The van der Waals surface area contributed by atoms with Crippen molar-refractivity contribution in [1.82, 2.24) is 25.2 Å². The fraction of sp³-hybridized carbons (Fsp3) is 0.382. The van der Waals surface area contributed by atoms with Crippen LogP contribution in [0.4, 0.5) is 14.6 Å². The molecule has 0 spiro atoms. The molecule has 3 atom stereocenters. The molecule has 0 aliphatic carbocycles. The lowest BCUT2D eigenvalue weighted by Gasteiger charge is -2.34. The lowest BCUT2D eigenvalue weighted by atomic mass is 9.94. The number of anilines is 1. The van der Waals surface area contributed by atoms with E-state index in [-0.39, 0.29) is 28.3 Å². The molecule has 4 saturated heterocycles. The number of piperazine rings is 1. The highest BCUT2D eigenvalue weighted by Crippen LogP contribution is 2.42. The Morgan fingerprint density at radius 2 is 1.98 bits per heavy atom. The molecule has 43 heavy (non-hydrogen) atoms. The van der Waals surface area contributed by atoms with Gasteiger partial charge in [-0.1, -0.05) is 42.3 Å². The minimum absolute atomic E-state index is 0.0591. The molecule has 218 valence electrons. The first-order chi connectivity index (χ1) is 20.9. The summed E-state index contributed by atoms with van der Waals surface area (Å²) in [4.78, 5) is 18.8. The minimum Gasteiger partial charge on any atom is -0.461 e. The Morgan fingerprint density at radius 1 is 1.14 bits per heavy atom. The van der Waals surface area contributed by atoms with Gasteiger partial charge in [0, 0.05) is 48.9 Å². The zero-order valence-corrected chi connectivity index (χ0v) is 23.9. The number of pyridine rings is 1. The van der Waals surface area contributed by atoms with E-state index >= 15 is 4.39 Å². The summed E-state index contributed by atoms with van der Waals surface area (Å²) in [5.41, 5.74) is 1.77. The number of ether oxygens (including phenoxy) is 1. The number of halogens is 2. The predicted octanol–water partition coefficient (Wildman–Crippen LogP) is 5.22. The molecule has 4 aliphatic rings. The Kier molecular flexibility index (Phi) is 6.14. The van der Waals surface area contributed by atoms with Gasteiger partial charge in [-0.25, -0.2) is 8.78 Å². The number of rotatable bonds is 5. The summed E-state index contributed by atoms with van der Waals surface area (Å²) in [6.45, 7) is 8.06. The van der Waals surface area contributed by atoms with Crippen molar-refractivity contribution in [1.29, 1.82) is 0 Å². The molecule has 0 saturated carbocycles. The van der Waals surface area contributed by atoms with E-state index < -0.39 is 11.6 Å². The van der Waals surface area contributed by atoms with E-state index in [1.54, 1.807) is 24.4 Å². The zero-order chi connectivity index (χ0) is 29.3. The maximum Gasteiger partial charge on any atom is 0.319 e. The van der Waals surface area contributed by atoms with E-state index in [9.17, 15) is 4.39 Å². The molecule has 0 amide bonds. The van der Waals surface area contributed by atoms with Crippen molar-refractivity contribution < 1.29 is 13.5 Å². The van der Waals surface area contributed by atoms with Gasteiger partial charge in [0.15, 0.2) is 5.82 Å². The number of fused-ring (bicyclic) bond motifs is 5. The fourth-order valence-corrected chi connectivity index (χ4v) is 7.82. The normalized spacial score (nSPS) is 25.0. The van der Waals surface area contributed by atoms with Crippen molar-refractivity contribution in [3.05, 3.63) is 65.9 Å². The van der Waals surface area contributed by atoms with E-state index in [4.69, 9.17) is 16.1 Å². The highest BCUT2D eigenvalue weighted by atomic mass is 19.1. The molecule has 4 aromatic rings. The molecule has 3 unspecified atom stereocenters. The summed E-state index contributed by atoms with van der Waals surface area (Å²) in [7, 11) is 0. The summed E-state index contributed by atoms with van der Waals surface area (Å²) in [5, 5.41) is 5.32. The Labute approximate surface area is 249 Å². The van der Waals surface area contributed by atoms with Crippen LogP contribution in [0.1, 0.15) is 37.7 Å². The molecule has 7 nitrogen and oxygen atoms in total. The van der Waals surface area contributed by atoms with Gasteiger partial charge >= 0.3 is 6.01 Å². The number of terminal acetylenes is 1. The van der Waals surface area contributed by atoms with Gasteiger partial charge in [0.25, 0.3) is 0 Å². The monoisotopic (exact) mass is 578 g/mol. The lowest BCUT2D eigenvalue weighted by molar-refractivity contribution is 0.108. The number of aromatic nitrogens is 3. The van der Waals surface area contributed by atoms with Crippen molar-refractivity contribution >= 4 is 27.5 Å². The van der Waals surface area contributed by atoms with E-state index in [1.807, 2.05) is 6.07 Å². The molecule has 4 aliphatic heterocycles. The first kappa shape index (κ1) is 26.5. The molecule has 4 fully saturated rings. The SMILES string of the molecule is C#Cc1c(F)ccc2cccc(-c3ncc4c(N5CC6CCC(C5)N6)nc(OCC56CCCN5CC(=C)C6)nc4c3F)c12. The molecular formula is C34H32F2N6O. The smallest absolute Gasteiger partial charge is 0.319 e. The van der Waals surface area contributed by atoms with Crippen LogP contribution in [0.25, 0.3) is 32.9 Å². The number of benzene rings is 2. The van der Waals surface area contributed by atoms with E-state index in [0.29, 0.717) is 46.2 Å². The predicted molar refractivity (Wildman–Crippen MR) is 163 cm³/mol. The number of hydrogen-bond acceptors (Lipinski definition) is 7. The molecule has 2 aromatic carbocycles. The maximum atomic E-state index is 16.7. The van der Waals surface area contributed by atoms with Crippen LogP contribution in [-0.4, -0.2) is 70.3 Å². The van der Waals surface area contributed by atoms with Crippen molar-refractivity contribution in [2.45, 2.75) is 49.7 Å². The zero-order valence-electron chi connectivity index (χ0n) is 23.9. The number of nitrogens with zero attached hydrogens (tertiary/aromatic N) is 5. The molecular weight excluding hydrogens is 546 g/mol. The fourth-order valence-electron chi connectivity index (χ4n) is 7.82.